The molecule has 0 radical (unpaired) electrons. The number of aromatic nitrogens is 2. The zero-order valence-corrected chi connectivity index (χ0v) is 12.4. The molecule has 0 saturated heterocycles. The molecule has 3 rings (SSSR count). The Bertz CT molecular complexity index is 692. The molecule has 0 spiro atoms. The largest absolute Gasteiger partial charge is 0.497 e. The number of hydrogen-bond donors (Lipinski definition) is 2. The van der Waals surface area contributed by atoms with Gasteiger partial charge in [0.25, 0.3) is 10.0 Å². The van der Waals surface area contributed by atoms with Crippen LogP contribution in [0.25, 0.3) is 0 Å². The number of imidazole rings is 1. The minimum atomic E-state index is -3.58. The molecule has 2 N–H and O–H groups in total. The zero-order valence-electron chi connectivity index (χ0n) is 11.6. The molecule has 0 bridgehead atoms. The van der Waals surface area contributed by atoms with Crippen molar-refractivity contribution >= 4 is 10.0 Å². The number of H-pyrrole nitrogens is 1. The summed E-state index contributed by atoms with van der Waals surface area (Å²) in [6.45, 7) is 0. The summed E-state index contributed by atoms with van der Waals surface area (Å²) in [6.07, 6.45) is 4.72. The van der Waals surface area contributed by atoms with Crippen molar-refractivity contribution in [1.82, 2.24) is 14.7 Å². The van der Waals surface area contributed by atoms with Crippen LogP contribution in [0.4, 0.5) is 0 Å². The first-order chi connectivity index (χ1) is 10.1. The topological polar surface area (TPSA) is 84.1 Å². The molecule has 112 valence electrons. The van der Waals surface area contributed by atoms with E-state index in [4.69, 9.17) is 4.74 Å². The summed E-state index contributed by atoms with van der Waals surface area (Å²) in [5, 5.41) is 0.0849. The van der Waals surface area contributed by atoms with Crippen LogP contribution >= 0.6 is 0 Å². The van der Waals surface area contributed by atoms with Gasteiger partial charge in [0.05, 0.1) is 19.6 Å². The molecule has 0 amide bonds. The van der Waals surface area contributed by atoms with Crippen LogP contribution < -0.4 is 9.46 Å². The summed E-state index contributed by atoms with van der Waals surface area (Å²) in [5.41, 5.74) is 0.946. The van der Waals surface area contributed by atoms with Crippen LogP contribution in [0.5, 0.6) is 5.75 Å². The molecule has 1 aromatic carbocycles. The lowest BCUT2D eigenvalue weighted by Crippen LogP contribution is -2.30. The van der Waals surface area contributed by atoms with E-state index in [2.05, 4.69) is 14.7 Å². The summed E-state index contributed by atoms with van der Waals surface area (Å²) >= 11 is 0. The fourth-order valence-electron chi connectivity index (χ4n) is 2.30. The fraction of sp³-hybridized carbons (Fsp3) is 0.357. The Labute approximate surface area is 123 Å². The van der Waals surface area contributed by atoms with Crippen LogP contribution in [0.2, 0.25) is 0 Å². The molecule has 1 aliphatic carbocycles. The molecule has 1 atom stereocenters. The van der Waals surface area contributed by atoms with Crippen LogP contribution in [-0.2, 0) is 10.0 Å². The maximum absolute atomic E-state index is 12.3. The highest BCUT2D eigenvalue weighted by Crippen LogP contribution is 2.41. The highest BCUT2D eigenvalue weighted by atomic mass is 32.2. The quantitative estimate of drug-likeness (QED) is 0.853. The first-order valence-corrected chi connectivity index (χ1v) is 8.23. The van der Waals surface area contributed by atoms with Crippen molar-refractivity contribution < 1.29 is 13.2 Å². The molecule has 6 nitrogen and oxygen atoms in total. The second kappa shape index (κ2) is 5.50. The molecular formula is C14H17N3O3S. The van der Waals surface area contributed by atoms with E-state index in [-0.39, 0.29) is 11.1 Å². The SMILES string of the molecule is COc1ccc(C(NS(=O)(=O)c2cnc[nH]2)C2CC2)cc1. The highest BCUT2D eigenvalue weighted by Gasteiger charge is 2.35. The summed E-state index contributed by atoms with van der Waals surface area (Å²) in [6, 6.07) is 7.27. The molecule has 1 aliphatic rings. The number of rotatable bonds is 6. The average Bonchev–Trinajstić information content (AvgIpc) is 3.17. The highest BCUT2D eigenvalue weighted by molar-refractivity contribution is 7.89. The van der Waals surface area contributed by atoms with E-state index in [0.717, 1.165) is 24.2 Å². The van der Waals surface area contributed by atoms with Crippen molar-refractivity contribution in [2.24, 2.45) is 5.92 Å². The van der Waals surface area contributed by atoms with E-state index >= 15 is 0 Å². The Morgan fingerprint density at radius 1 is 1.33 bits per heavy atom. The molecule has 0 aliphatic heterocycles. The van der Waals surface area contributed by atoms with Crippen molar-refractivity contribution in [2.75, 3.05) is 7.11 Å². The minimum absolute atomic E-state index is 0.0849. The molecule has 1 heterocycles. The third kappa shape index (κ3) is 3.08. The van der Waals surface area contributed by atoms with E-state index in [9.17, 15) is 8.42 Å². The summed E-state index contributed by atoms with van der Waals surface area (Å²) in [5.74, 6) is 1.10. The van der Waals surface area contributed by atoms with Gasteiger partial charge in [-0.1, -0.05) is 12.1 Å². The Morgan fingerprint density at radius 3 is 2.57 bits per heavy atom. The monoisotopic (exact) mass is 307 g/mol. The van der Waals surface area contributed by atoms with Crippen LogP contribution in [0.3, 0.4) is 0 Å². The van der Waals surface area contributed by atoms with Crippen molar-refractivity contribution in [3.05, 3.63) is 42.4 Å². The number of nitrogens with one attached hydrogen (secondary N) is 2. The summed E-state index contributed by atoms with van der Waals surface area (Å²) in [7, 11) is -1.98. The van der Waals surface area contributed by atoms with Gasteiger partial charge in [-0.15, -0.1) is 0 Å². The van der Waals surface area contributed by atoms with Crippen LogP contribution in [0.1, 0.15) is 24.4 Å². The maximum Gasteiger partial charge on any atom is 0.258 e. The van der Waals surface area contributed by atoms with Gasteiger partial charge in [0.2, 0.25) is 0 Å². The average molecular weight is 307 g/mol. The van der Waals surface area contributed by atoms with Crippen molar-refractivity contribution in [2.45, 2.75) is 23.9 Å². The standard InChI is InChI=1S/C14H17N3O3S/c1-20-12-6-4-11(5-7-12)14(10-2-3-10)17-21(18,19)13-8-15-9-16-13/h4-10,14,17H,2-3H2,1H3,(H,15,16). The molecule has 21 heavy (non-hydrogen) atoms. The van der Waals surface area contributed by atoms with E-state index in [1.165, 1.54) is 12.5 Å². The van der Waals surface area contributed by atoms with E-state index in [1.807, 2.05) is 24.3 Å². The molecule has 2 aromatic rings. The second-order valence-corrected chi connectivity index (χ2v) is 6.81. The number of methoxy groups -OCH3 is 1. The Balaban J connectivity index is 1.85. The molecular weight excluding hydrogens is 290 g/mol. The first-order valence-electron chi connectivity index (χ1n) is 6.75. The van der Waals surface area contributed by atoms with E-state index < -0.39 is 10.0 Å². The van der Waals surface area contributed by atoms with Gasteiger partial charge in [-0.25, -0.2) is 18.1 Å². The smallest absolute Gasteiger partial charge is 0.258 e. The third-order valence-corrected chi connectivity index (χ3v) is 4.98. The van der Waals surface area contributed by atoms with Crippen LogP contribution in [0, 0.1) is 5.92 Å². The predicted octanol–water partition coefficient (Wildman–Crippen LogP) is 1.85. The van der Waals surface area contributed by atoms with Gasteiger partial charge in [-0.05, 0) is 36.5 Å². The number of sulfonamides is 1. The van der Waals surface area contributed by atoms with Crippen molar-refractivity contribution in [3.8, 4) is 5.75 Å². The Hall–Kier alpha value is -1.86. The molecule has 1 saturated carbocycles. The number of nitrogens with zero attached hydrogens (tertiary/aromatic N) is 1. The normalized spacial score (nSPS) is 16.6. The Morgan fingerprint density at radius 2 is 2.05 bits per heavy atom. The number of aromatic amines is 1. The van der Waals surface area contributed by atoms with E-state index in [1.54, 1.807) is 7.11 Å². The molecule has 1 unspecified atom stereocenters. The lowest BCUT2D eigenvalue weighted by atomic mass is 10.0. The van der Waals surface area contributed by atoms with Crippen LogP contribution in [0.15, 0.2) is 41.8 Å². The van der Waals surface area contributed by atoms with Gasteiger partial charge in [0, 0.05) is 6.04 Å². The van der Waals surface area contributed by atoms with Gasteiger partial charge in [0.1, 0.15) is 5.75 Å². The number of hydrogen-bond acceptors (Lipinski definition) is 4. The number of benzene rings is 1. The zero-order chi connectivity index (χ0) is 14.9. The summed E-state index contributed by atoms with van der Waals surface area (Å²) in [4.78, 5) is 6.39. The van der Waals surface area contributed by atoms with Crippen molar-refractivity contribution in [1.29, 1.82) is 0 Å². The third-order valence-electron chi connectivity index (χ3n) is 3.61. The first kappa shape index (κ1) is 14.1. The maximum atomic E-state index is 12.3. The van der Waals surface area contributed by atoms with Crippen molar-refractivity contribution in [3.63, 3.8) is 0 Å². The van der Waals surface area contributed by atoms with Gasteiger partial charge in [-0.2, -0.15) is 0 Å². The molecule has 1 aromatic heterocycles. The number of ether oxygens (including phenoxy) is 1. The minimum Gasteiger partial charge on any atom is -0.497 e. The van der Waals surface area contributed by atoms with Crippen LogP contribution in [-0.4, -0.2) is 25.5 Å². The lowest BCUT2D eigenvalue weighted by molar-refractivity contribution is 0.414. The Kier molecular flexibility index (Phi) is 3.69. The van der Waals surface area contributed by atoms with Gasteiger partial charge in [-0.3, -0.25) is 0 Å². The predicted molar refractivity (Wildman–Crippen MR) is 77.4 cm³/mol. The lowest BCUT2D eigenvalue weighted by Gasteiger charge is -2.18. The van der Waals surface area contributed by atoms with Gasteiger partial charge < -0.3 is 9.72 Å². The molecule has 1 fully saturated rings. The van der Waals surface area contributed by atoms with Gasteiger partial charge in [0.15, 0.2) is 5.03 Å². The molecule has 7 heteroatoms. The van der Waals surface area contributed by atoms with Gasteiger partial charge >= 0.3 is 0 Å². The second-order valence-electron chi connectivity index (χ2n) is 5.13. The summed E-state index contributed by atoms with van der Waals surface area (Å²) < 4.78 is 32.6. The van der Waals surface area contributed by atoms with E-state index in [0.29, 0.717) is 5.92 Å². The fourth-order valence-corrected chi connectivity index (χ4v) is 3.50.